The predicted molar refractivity (Wildman–Crippen MR) is 83.6 cm³/mol. The highest BCUT2D eigenvalue weighted by molar-refractivity contribution is 6.33. The number of hydrogen-bond acceptors (Lipinski definition) is 5. The summed E-state index contributed by atoms with van der Waals surface area (Å²) in [6.07, 6.45) is -3.37. The zero-order valence-corrected chi connectivity index (χ0v) is 13.8. The first-order valence-electron chi connectivity index (χ1n) is 6.87. The third-order valence-corrected chi connectivity index (χ3v) is 3.10. The number of aromatic carboxylic acids is 1. The first-order chi connectivity index (χ1) is 10.5. The molecule has 0 saturated carbocycles. The number of alkyl carbamates (subject to hydrolysis) is 1. The maximum absolute atomic E-state index is 11.5. The van der Waals surface area contributed by atoms with E-state index >= 15 is 0 Å². The third-order valence-electron chi connectivity index (χ3n) is 2.78. The molecule has 0 bridgehead atoms. The average molecular weight is 346 g/mol. The zero-order chi connectivity index (χ0) is 17.8. The van der Waals surface area contributed by atoms with Crippen molar-refractivity contribution in [3.8, 4) is 0 Å². The average Bonchev–Trinajstić information content (AvgIpc) is 2.41. The molecule has 2 atom stereocenters. The first-order valence-corrected chi connectivity index (χ1v) is 7.25. The van der Waals surface area contributed by atoms with E-state index in [1.807, 2.05) is 0 Å². The number of hydrogen-bond donors (Lipinski definition) is 4. The third kappa shape index (κ3) is 6.05. The van der Waals surface area contributed by atoms with E-state index in [1.165, 1.54) is 18.2 Å². The van der Waals surface area contributed by atoms with Crippen molar-refractivity contribution < 1.29 is 29.6 Å². The summed E-state index contributed by atoms with van der Waals surface area (Å²) in [5, 5.41) is 31.1. The minimum Gasteiger partial charge on any atom is -0.478 e. The number of ether oxygens (including phenoxy) is 1. The molecule has 1 aromatic carbocycles. The second-order valence-corrected chi connectivity index (χ2v) is 6.35. The molecule has 4 N–H and O–H groups in total. The molecule has 0 heterocycles. The summed E-state index contributed by atoms with van der Waals surface area (Å²) in [7, 11) is 0. The van der Waals surface area contributed by atoms with Gasteiger partial charge in [-0.05, 0) is 38.5 Å². The van der Waals surface area contributed by atoms with Gasteiger partial charge >= 0.3 is 12.1 Å². The van der Waals surface area contributed by atoms with Crippen molar-refractivity contribution in [1.82, 2.24) is 5.32 Å². The number of carbonyl (C=O) groups is 2. The number of aliphatic hydroxyl groups excluding tert-OH is 2. The number of carbonyl (C=O) groups excluding carboxylic acids is 1. The van der Waals surface area contributed by atoms with Gasteiger partial charge in [0.2, 0.25) is 0 Å². The molecule has 0 aliphatic rings. The first kappa shape index (κ1) is 19.2. The summed E-state index contributed by atoms with van der Waals surface area (Å²) in [4.78, 5) is 22.4. The Labute approximate surface area is 138 Å². The number of benzene rings is 1. The molecule has 0 radical (unpaired) electrons. The van der Waals surface area contributed by atoms with Crippen LogP contribution in [0.1, 0.15) is 42.8 Å². The van der Waals surface area contributed by atoms with Crippen LogP contribution in [0.15, 0.2) is 18.2 Å². The lowest BCUT2D eigenvalue weighted by Gasteiger charge is -2.22. The molecular weight excluding hydrogens is 326 g/mol. The molecule has 2 unspecified atom stereocenters. The number of carboxylic acid groups (broad SMARTS) is 1. The Morgan fingerprint density at radius 3 is 2.39 bits per heavy atom. The fraction of sp³-hybridized carbons (Fsp3) is 0.467. The van der Waals surface area contributed by atoms with Gasteiger partial charge in [0, 0.05) is 6.54 Å². The largest absolute Gasteiger partial charge is 0.478 e. The van der Waals surface area contributed by atoms with Gasteiger partial charge in [0.1, 0.15) is 17.8 Å². The van der Waals surface area contributed by atoms with E-state index in [0.717, 1.165) is 0 Å². The molecule has 0 aromatic heterocycles. The quantitative estimate of drug-likeness (QED) is 0.648. The smallest absolute Gasteiger partial charge is 0.407 e. The number of aliphatic hydroxyl groups is 2. The molecule has 0 saturated heterocycles. The number of amides is 1. The number of carboxylic acids is 1. The molecule has 128 valence electrons. The maximum atomic E-state index is 11.5. The monoisotopic (exact) mass is 345 g/mol. The Bertz CT molecular complexity index is 584. The molecular formula is C15H20ClNO6. The molecule has 0 fully saturated rings. The van der Waals surface area contributed by atoms with Gasteiger partial charge in [0.05, 0.1) is 10.6 Å². The fourth-order valence-corrected chi connectivity index (χ4v) is 1.99. The lowest BCUT2D eigenvalue weighted by atomic mass is 10.0. The Kier molecular flexibility index (Phi) is 6.37. The molecule has 1 amide bonds. The summed E-state index contributed by atoms with van der Waals surface area (Å²) < 4.78 is 5.01. The number of nitrogens with one attached hydrogen (secondary N) is 1. The highest BCUT2D eigenvalue weighted by Crippen LogP contribution is 2.24. The molecule has 8 heteroatoms. The van der Waals surface area contributed by atoms with E-state index in [4.69, 9.17) is 21.4 Å². The van der Waals surface area contributed by atoms with Crippen LogP contribution in [0.4, 0.5) is 4.79 Å². The topological polar surface area (TPSA) is 116 Å². The standard InChI is InChI=1S/C15H20ClNO6/c1-15(2,3)23-14(22)17-7-11(18)12(19)8-4-5-9(13(20)21)10(16)6-8/h4-6,11-12,18-19H,7H2,1-3H3,(H,17,22)(H,20,21). The highest BCUT2D eigenvalue weighted by atomic mass is 35.5. The molecule has 23 heavy (non-hydrogen) atoms. The predicted octanol–water partition coefficient (Wildman–Crippen LogP) is 1.96. The molecule has 7 nitrogen and oxygen atoms in total. The van der Waals surface area contributed by atoms with Crippen molar-refractivity contribution >= 4 is 23.7 Å². The van der Waals surface area contributed by atoms with Crippen molar-refractivity contribution in [2.24, 2.45) is 0 Å². The fourth-order valence-electron chi connectivity index (χ4n) is 1.72. The minimum atomic E-state index is -1.34. The van der Waals surface area contributed by atoms with Gasteiger partial charge in [-0.1, -0.05) is 17.7 Å². The summed E-state index contributed by atoms with van der Waals surface area (Å²) >= 11 is 5.81. The second-order valence-electron chi connectivity index (χ2n) is 5.94. The Morgan fingerprint density at radius 1 is 1.30 bits per heavy atom. The molecule has 0 spiro atoms. The van der Waals surface area contributed by atoms with Crippen molar-refractivity contribution in [3.05, 3.63) is 34.3 Å². The van der Waals surface area contributed by atoms with E-state index in [0.29, 0.717) is 0 Å². The van der Waals surface area contributed by atoms with Gasteiger partial charge in [-0.15, -0.1) is 0 Å². The Morgan fingerprint density at radius 2 is 1.91 bits per heavy atom. The molecule has 1 aromatic rings. The Balaban J connectivity index is 2.66. The van der Waals surface area contributed by atoms with Gasteiger partial charge < -0.3 is 25.4 Å². The van der Waals surface area contributed by atoms with Crippen LogP contribution in [0.5, 0.6) is 0 Å². The van der Waals surface area contributed by atoms with Gasteiger partial charge in [0.15, 0.2) is 0 Å². The molecule has 1 rings (SSSR count). The van der Waals surface area contributed by atoms with Gasteiger partial charge in [-0.3, -0.25) is 0 Å². The van der Waals surface area contributed by atoms with Crippen molar-refractivity contribution in [2.45, 2.75) is 38.6 Å². The van der Waals surface area contributed by atoms with Crippen LogP contribution in [0.2, 0.25) is 5.02 Å². The van der Waals surface area contributed by atoms with E-state index in [9.17, 15) is 19.8 Å². The minimum absolute atomic E-state index is 0.0543. The molecule has 0 aliphatic heterocycles. The van der Waals surface area contributed by atoms with E-state index in [-0.39, 0.29) is 22.7 Å². The number of halogens is 1. The summed E-state index contributed by atoms with van der Waals surface area (Å²) in [5.41, 5.74) is -0.545. The van der Waals surface area contributed by atoms with Crippen LogP contribution in [-0.2, 0) is 4.74 Å². The van der Waals surface area contributed by atoms with Crippen molar-refractivity contribution in [3.63, 3.8) is 0 Å². The van der Waals surface area contributed by atoms with Crippen molar-refractivity contribution in [2.75, 3.05) is 6.54 Å². The molecule has 0 aliphatic carbocycles. The van der Waals surface area contributed by atoms with Crippen LogP contribution >= 0.6 is 11.6 Å². The maximum Gasteiger partial charge on any atom is 0.407 e. The Hall–Kier alpha value is -1.83. The summed E-state index contributed by atoms with van der Waals surface area (Å²) in [5.74, 6) is -1.19. The lowest BCUT2D eigenvalue weighted by Crippen LogP contribution is -2.38. The van der Waals surface area contributed by atoms with Crippen LogP contribution in [0, 0.1) is 0 Å². The summed E-state index contributed by atoms with van der Waals surface area (Å²) in [6, 6.07) is 3.83. The van der Waals surface area contributed by atoms with Crippen LogP contribution in [-0.4, -0.2) is 45.6 Å². The van der Waals surface area contributed by atoms with E-state index in [1.54, 1.807) is 20.8 Å². The van der Waals surface area contributed by atoms with Gasteiger partial charge in [-0.25, -0.2) is 9.59 Å². The summed E-state index contributed by atoms with van der Waals surface area (Å²) in [6.45, 7) is 4.85. The van der Waals surface area contributed by atoms with Gasteiger partial charge in [0.25, 0.3) is 0 Å². The van der Waals surface area contributed by atoms with E-state index in [2.05, 4.69) is 5.32 Å². The van der Waals surface area contributed by atoms with Gasteiger partial charge in [-0.2, -0.15) is 0 Å². The second kappa shape index (κ2) is 7.63. The highest BCUT2D eigenvalue weighted by Gasteiger charge is 2.22. The van der Waals surface area contributed by atoms with Crippen LogP contribution in [0.3, 0.4) is 0 Å². The lowest BCUT2D eigenvalue weighted by molar-refractivity contribution is 0.0129. The number of rotatable bonds is 5. The normalized spacial score (nSPS) is 14.0. The van der Waals surface area contributed by atoms with Crippen LogP contribution < -0.4 is 5.32 Å². The SMILES string of the molecule is CC(C)(C)OC(=O)NCC(O)C(O)c1ccc(C(=O)O)c(Cl)c1. The van der Waals surface area contributed by atoms with Crippen molar-refractivity contribution in [1.29, 1.82) is 0 Å². The van der Waals surface area contributed by atoms with E-state index < -0.39 is 29.9 Å². The zero-order valence-electron chi connectivity index (χ0n) is 13.0. The van der Waals surface area contributed by atoms with Crippen LogP contribution in [0.25, 0.3) is 0 Å².